The molecule has 1 amide bonds. The van der Waals surface area contributed by atoms with Crippen LogP contribution in [0.5, 0.6) is 5.75 Å². The molecule has 0 bridgehead atoms. The van der Waals surface area contributed by atoms with Gasteiger partial charge in [0, 0.05) is 24.1 Å². The van der Waals surface area contributed by atoms with E-state index in [9.17, 15) is 4.79 Å². The minimum absolute atomic E-state index is 0.0693. The van der Waals surface area contributed by atoms with E-state index in [1.54, 1.807) is 7.11 Å². The number of carbonyl (C=O) groups is 1. The molecule has 0 unspecified atom stereocenters. The molecule has 0 saturated carbocycles. The van der Waals surface area contributed by atoms with Gasteiger partial charge in [0.05, 0.1) is 7.11 Å². The first-order valence-corrected chi connectivity index (χ1v) is 8.96. The quantitative estimate of drug-likeness (QED) is 0.679. The summed E-state index contributed by atoms with van der Waals surface area (Å²) in [6, 6.07) is 13.5. The third-order valence-corrected chi connectivity index (χ3v) is 4.37. The summed E-state index contributed by atoms with van der Waals surface area (Å²) >= 11 is 0. The zero-order chi connectivity index (χ0) is 19.2. The number of nitrogens with one attached hydrogen (secondary N) is 1. The van der Waals surface area contributed by atoms with Gasteiger partial charge in [-0.05, 0) is 36.6 Å². The summed E-state index contributed by atoms with van der Waals surface area (Å²) in [5, 5.41) is 7.00. The Morgan fingerprint density at radius 2 is 2.04 bits per heavy atom. The molecule has 0 aliphatic rings. The monoisotopic (exact) mass is 365 g/mol. The zero-order valence-electron chi connectivity index (χ0n) is 15.8. The normalized spacial score (nSPS) is 10.6. The van der Waals surface area contributed by atoms with Gasteiger partial charge in [-0.1, -0.05) is 42.4 Å². The minimum Gasteiger partial charge on any atom is -0.497 e. The molecule has 6 heteroatoms. The highest BCUT2D eigenvalue weighted by molar-refractivity contribution is 5.92. The first-order chi connectivity index (χ1) is 13.1. The van der Waals surface area contributed by atoms with Crippen LogP contribution in [-0.2, 0) is 17.6 Å². The van der Waals surface area contributed by atoms with Crippen LogP contribution >= 0.6 is 0 Å². The van der Waals surface area contributed by atoms with E-state index in [0.29, 0.717) is 18.1 Å². The number of anilines is 1. The Labute approximate surface area is 158 Å². The first-order valence-electron chi connectivity index (χ1n) is 8.96. The van der Waals surface area contributed by atoms with Gasteiger partial charge in [0.15, 0.2) is 0 Å². The lowest BCUT2D eigenvalue weighted by atomic mass is 10.1. The lowest BCUT2D eigenvalue weighted by Crippen LogP contribution is -2.14. The summed E-state index contributed by atoms with van der Waals surface area (Å²) in [5.74, 6) is 1.57. The van der Waals surface area contributed by atoms with E-state index in [1.807, 2.05) is 49.4 Å². The molecule has 1 heterocycles. The van der Waals surface area contributed by atoms with Crippen LogP contribution in [0.1, 0.15) is 30.4 Å². The van der Waals surface area contributed by atoms with E-state index in [0.717, 1.165) is 34.5 Å². The van der Waals surface area contributed by atoms with E-state index >= 15 is 0 Å². The average Bonchev–Trinajstić information content (AvgIpc) is 3.17. The van der Waals surface area contributed by atoms with Crippen molar-refractivity contribution in [3.05, 3.63) is 59.5 Å². The summed E-state index contributed by atoms with van der Waals surface area (Å²) in [4.78, 5) is 16.7. The van der Waals surface area contributed by atoms with E-state index in [4.69, 9.17) is 9.26 Å². The fourth-order valence-corrected chi connectivity index (χ4v) is 2.86. The van der Waals surface area contributed by atoms with Crippen molar-refractivity contribution in [1.29, 1.82) is 0 Å². The average molecular weight is 365 g/mol. The molecule has 0 atom stereocenters. The Morgan fingerprint density at radius 1 is 1.22 bits per heavy atom. The molecule has 0 fully saturated rings. The van der Waals surface area contributed by atoms with E-state index < -0.39 is 0 Å². The van der Waals surface area contributed by atoms with Crippen LogP contribution in [-0.4, -0.2) is 23.2 Å². The van der Waals surface area contributed by atoms with Crippen molar-refractivity contribution < 1.29 is 14.1 Å². The maximum atomic E-state index is 12.3. The molecule has 2 aromatic carbocycles. The Hall–Kier alpha value is -3.15. The molecule has 0 spiro atoms. The number of aryl methyl sites for hydroxylation is 3. The predicted molar refractivity (Wildman–Crippen MR) is 104 cm³/mol. The van der Waals surface area contributed by atoms with Gasteiger partial charge in [0.2, 0.25) is 17.6 Å². The Balaban J connectivity index is 1.62. The smallest absolute Gasteiger partial charge is 0.227 e. The predicted octanol–water partition coefficient (Wildman–Crippen LogP) is 4.19. The number of ether oxygens (including phenoxy) is 1. The van der Waals surface area contributed by atoms with Gasteiger partial charge in [-0.15, -0.1) is 0 Å². The van der Waals surface area contributed by atoms with Gasteiger partial charge in [0.25, 0.3) is 0 Å². The molecule has 1 N–H and O–H groups in total. The second-order valence-corrected chi connectivity index (χ2v) is 6.25. The van der Waals surface area contributed by atoms with Crippen LogP contribution in [0.25, 0.3) is 11.4 Å². The number of hydrogen-bond acceptors (Lipinski definition) is 5. The standard InChI is InChI=1S/C21H23N3O3/c1-4-15-8-5-7-14(2)20(15)22-18(25)11-12-19-23-21(24-27-19)16-9-6-10-17(13-16)26-3/h5-10,13H,4,11-12H2,1-3H3,(H,22,25). The Kier molecular flexibility index (Phi) is 5.86. The molecular formula is C21H23N3O3. The van der Waals surface area contributed by atoms with Crippen molar-refractivity contribution in [3.63, 3.8) is 0 Å². The summed E-state index contributed by atoms with van der Waals surface area (Å²) in [7, 11) is 1.61. The molecule has 0 aliphatic carbocycles. The lowest BCUT2D eigenvalue weighted by molar-refractivity contribution is -0.116. The van der Waals surface area contributed by atoms with Crippen LogP contribution in [0.3, 0.4) is 0 Å². The number of hydrogen-bond donors (Lipinski definition) is 1. The third kappa shape index (κ3) is 4.53. The van der Waals surface area contributed by atoms with E-state index in [-0.39, 0.29) is 12.3 Å². The van der Waals surface area contributed by atoms with Gasteiger partial charge in [-0.3, -0.25) is 4.79 Å². The maximum absolute atomic E-state index is 12.3. The summed E-state index contributed by atoms with van der Waals surface area (Å²) in [6.07, 6.45) is 1.53. The minimum atomic E-state index is -0.0693. The van der Waals surface area contributed by atoms with Crippen molar-refractivity contribution in [1.82, 2.24) is 10.1 Å². The van der Waals surface area contributed by atoms with Crippen molar-refractivity contribution in [2.75, 3.05) is 12.4 Å². The molecule has 140 valence electrons. The number of methoxy groups -OCH3 is 1. The fourth-order valence-electron chi connectivity index (χ4n) is 2.86. The Morgan fingerprint density at radius 3 is 2.81 bits per heavy atom. The number of benzene rings is 2. The van der Waals surface area contributed by atoms with Crippen LogP contribution < -0.4 is 10.1 Å². The fraction of sp³-hybridized carbons (Fsp3) is 0.286. The second-order valence-electron chi connectivity index (χ2n) is 6.25. The van der Waals surface area contributed by atoms with Gasteiger partial charge in [-0.25, -0.2) is 0 Å². The molecule has 6 nitrogen and oxygen atoms in total. The SMILES string of the molecule is CCc1cccc(C)c1NC(=O)CCc1nc(-c2cccc(OC)c2)no1. The van der Waals surface area contributed by atoms with Crippen LogP contribution in [0.2, 0.25) is 0 Å². The van der Waals surface area contributed by atoms with Gasteiger partial charge < -0.3 is 14.6 Å². The lowest BCUT2D eigenvalue weighted by Gasteiger charge is -2.12. The molecule has 27 heavy (non-hydrogen) atoms. The number of aromatic nitrogens is 2. The van der Waals surface area contributed by atoms with Gasteiger partial charge >= 0.3 is 0 Å². The molecular weight excluding hydrogens is 342 g/mol. The van der Waals surface area contributed by atoms with E-state index in [1.165, 1.54) is 0 Å². The largest absolute Gasteiger partial charge is 0.497 e. The molecule has 0 radical (unpaired) electrons. The Bertz CT molecular complexity index is 934. The molecule has 0 aliphatic heterocycles. The summed E-state index contributed by atoms with van der Waals surface area (Å²) < 4.78 is 10.5. The van der Waals surface area contributed by atoms with Crippen molar-refractivity contribution in [2.24, 2.45) is 0 Å². The van der Waals surface area contributed by atoms with Crippen LogP contribution in [0, 0.1) is 6.92 Å². The molecule has 1 aromatic heterocycles. The van der Waals surface area contributed by atoms with Gasteiger partial charge in [0.1, 0.15) is 5.75 Å². The van der Waals surface area contributed by atoms with Gasteiger partial charge in [-0.2, -0.15) is 4.98 Å². The highest BCUT2D eigenvalue weighted by atomic mass is 16.5. The topological polar surface area (TPSA) is 77.2 Å². The van der Waals surface area contributed by atoms with E-state index in [2.05, 4.69) is 22.4 Å². The third-order valence-electron chi connectivity index (χ3n) is 4.37. The van der Waals surface area contributed by atoms with Crippen LogP contribution in [0.15, 0.2) is 47.0 Å². The van der Waals surface area contributed by atoms with Crippen LogP contribution in [0.4, 0.5) is 5.69 Å². The van der Waals surface area contributed by atoms with Crippen molar-refractivity contribution in [3.8, 4) is 17.1 Å². The number of para-hydroxylation sites is 1. The number of rotatable bonds is 7. The summed E-state index contributed by atoms with van der Waals surface area (Å²) in [6.45, 7) is 4.07. The second kappa shape index (κ2) is 8.49. The van der Waals surface area contributed by atoms with Crippen molar-refractivity contribution >= 4 is 11.6 Å². The molecule has 3 rings (SSSR count). The first kappa shape index (κ1) is 18.6. The number of nitrogens with zero attached hydrogens (tertiary/aromatic N) is 2. The highest BCUT2D eigenvalue weighted by Gasteiger charge is 2.13. The summed E-state index contributed by atoms with van der Waals surface area (Å²) in [5.41, 5.74) is 3.89. The maximum Gasteiger partial charge on any atom is 0.227 e. The van der Waals surface area contributed by atoms with Crippen molar-refractivity contribution in [2.45, 2.75) is 33.1 Å². The number of carbonyl (C=O) groups excluding carboxylic acids is 1. The molecule has 3 aromatic rings. The number of amides is 1. The highest BCUT2D eigenvalue weighted by Crippen LogP contribution is 2.23. The molecule has 0 saturated heterocycles. The zero-order valence-corrected chi connectivity index (χ0v) is 15.8.